The average Bonchev–Trinajstić information content (AvgIpc) is 2.79. The second-order valence-electron chi connectivity index (χ2n) is 7.63. The Balaban J connectivity index is 1.40. The van der Waals surface area contributed by atoms with Gasteiger partial charge < -0.3 is 25.0 Å². The number of carbonyl (C=O) groups excluding carboxylic acids is 2. The molecule has 2 aromatic carbocycles. The number of benzene rings is 2. The van der Waals surface area contributed by atoms with Crippen LogP contribution in [-0.2, 0) is 11.3 Å². The van der Waals surface area contributed by atoms with Crippen molar-refractivity contribution in [1.82, 2.24) is 10.2 Å². The second-order valence-corrected chi connectivity index (χ2v) is 7.63. The number of methoxy groups -OCH3 is 1. The van der Waals surface area contributed by atoms with Crippen molar-refractivity contribution in [3.63, 3.8) is 0 Å². The normalized spacial score (nSPS) is 14.1. The number of carbonyl (C=O) groups is 2. The fraction of sp³-hybridized carbons (Fsp3) is 0.417. The first-order chi connectivity index (χ1) is 15.1. The molecule has 0 unspecified atom stereocenters. The molecule has 0 radical (unpaired) electrons. The standard InChI is InChI=1S/C24H31N3O4/c1-3-31-21-10-9-19(15-22(21)30-2)17-25-23(28)16-18-11-13-27(14-12-18)24(29)26-20-7-5-4-6-8-20/h4-10,15,18H,3,11-14,16-17H2,1-2H3,(H,25,28)(H,26,29). The van der Waals surface area contributed by atoms with Crippen molar-refractivity contribution >= 4 is 17.6 Å². The molecule has 1 saturated heterocycles. The fourth-order valence-electron chi connectivity index (χ4n) is 3.70. The molecule has 1 fully saturated rings. The van der Waals surface area contributed by atoms with Gasteiger partial charge in [-0.3, -0.25) is 4.79 Å². The minimum atomic E-state index is -0.0847. The molecule has 0 spiro atoms. The largest absolute Gasteiger partial charge is 0.493 e. The number of piperidine rings is 1. The lowest BCUT2D eigenvalue weighted by molar-refractivity contribution is -0.122. The van der Waals surface area contributed by atoms with Crippen LogP contribution in [0.15, 0.2) is 48.5 Å². The summed E-state index contributed by atoms with van der Waals surface area (Å²) >= 11 is 0. The van der Waals surface area contributed by atoms with Crippen LogP contribution in [0.2, 0.25) is 0 Å². The molecule has 3 amide bonds. The van der Waals surface area contributed by atoms with E-state index in [2.05, 4.69) is 10.6 Å². The molecule has 1 aliphatic heterocycles. The molecule has 0 saturated carbocycles. The zero-order valence-electron chi connectivity index (χ0n) is 18.2. The molecule has 166 valence electrons. The molecule has 0 aliphatic carbocycles. The highest BCUT2D eigenvalue weighted by Crippen LogP contribution is 2.28. The number of hydrogen-bond donors (Lipinski definition) is 2. The third kappa shape index (κ3) is 6.64. The number of ether oxygens (including phenoxy) is 2. The molecule has 2 N–H and O–H groups in total. The van der Waals surface area contributed by atoms with Gasteiger partial charge in [0.25, 0.3) is 0 Å². The van der Waals surface area contributed by atoms with E-state index in [0.717, 1.165) is 24.1 Å². The number of urea groups is 1. The van der Waals surface area contributed by atoms with E-state index in [9.17, 15) is 9.59 Å². The summed E-state index contributed by atoms with van der Waals surface area (Å²) in [7, 11) is 1.60. The van der Waals surface area contributed by atoms with E-state index in [-0.39, 0.29) is 17.9 Å². The first kappa shape index (κ1) is 22.5. The average molecular weight is 426 g/mol. The van der Waals surface area contributed by atoms with E-state index in [1.165, 1.54) is 0 Å². The van der Waals surface area contributed by atoms with Gasteiger partial charge in [-0.15, -0.1) is 0 Å². The Kier molecular flexibility index (Phi) is 8.15. The van der Waals surface area contributed by atoms with E-state index in [1.54, 1.807) is 7.11 Å². The summed E-state index contributed by atoms with van der Waals surface area (Å²) in [6, 6.07) is 15.0. The molecule has 0 atom stereocenters. The lowest BCUT2D eigenvalue weighted by Gasteiger charge is -2.31. The SMILES string of the molecule is CCOc1ccc(CNC(=O)CC2CCN(C(=O)Nc3ccccc3)CC2)cc1OC. The van der Waals surface area contributed by atoms with Crippen molar-refractivity contribution in [2.24, 2.45) is 5.92 Å². The fourth-order valence-corrected chi connectivity index (χ4v) is 3.70. The predicted octanol–water partition coefficient (Wildman–Crippen LogP) is 4.04. The maximum absolute atomic E-state index is 12.4. The Bertz CT molecular complexity index is 864. The molecule has 1 heterocycles. The van der Waals surface area contributed by atoms with Gasteiger partial charge in [0.2, 0.25) is 5.91 Å². The van der Waals surface area contributed by atoms with E-state index in [4.69, 9.17) is 9.47 Å². The topological polar surface area (TPSA) is 79.9 Å². The monoisotopic (exact) mass is 425 g/mol. The maximum atomic E-state index is 12.4. The van der Waals surface area contributed by atoms with Gasteiger partial charge in [-0.1, -0.05) is 24.3 Å². The quantitative estimate of drug-likeness (QED) is 0.669. The van der Waals surface area contributed by atoms with Crippen LogP contribution in [0.25, 0.3) is 0 Å². The number of hydrogen-bond acceptors (Lipinski definition) is 4. The predicted molar refractivity (Wildman–Crippen MR) is 120 cm³/mol. The van der Waals surface area contributed by atoms with Crippen LogP contribution in [0.1, 0.15) is 31.7 Å². The molecule has 7 nitrogen and oxygen atoms in total. The molecule has 0 aromatic heterocycles. The Morgan fingerprint density at radius 1 is 1.06 bits per heavy atom. The third-order valence-electron chi connectivity index (χ3n) is 5.42. The number of nitrogens with zero attached hydrogens (tertiary/aromatic N) is 1. The lowest BCUT2D eigenvalue weighted by atomic mass is 9.93. The summed E-state index contributed by atoms with van der Waals surface area (Å²) in [5, 5.41) is 5.90. The van der Waals surface area contributed by atoms with Crippen LogP contribution >= 0.6 is 0 Å². The van der Waals surface area contributed by atoms with E-state index in [1.807, 2.05) is 60.4 Å². The molecule has 7 heteroatoms. The van der Waals surface area contributed by atoms with Gasteiger partial charge in [-0.05, 0) is 55.5 Å². The second kappa shape index (κ2) is 11.2. The summed E-state index contributed by atoms with van der Waals surface area (Å²) in [4.78, 5) is 26.6. The number of para-hydroxylation sites is 1. The van der Waals surface area contributed by atoms with Crippen LogP contribution in [0.4, 0.5) is 10.5 Å². The Morgan fingerprint density at radius 2 is 1.81 bits per heavy atom. The number of nitrogens with one attached hydrogen (secondary N) is 2. The van der Waals surface area contributed by atoms with E-state index < -0.39 is 0 Å². The van der Waals surface area contributed by atoms with Crippen molar-refractivity contribution in [2.45, 2.75) is 32.7 Å². The summed E-state index contributed by atoms with van der Waals surface area (Å²) < 4.78 is 10.9. The minimum Gasteiger partial charge on any atom is -0.493 e. The van der Waals surface area contributed by atoms with Crippen molar-refractivity contribution in [1.29, 1.82) is 0 Å². The Hall–Kier alpha value is -3.22. The number of anilines is 1. The maximum Gasteiger partial charge on any atom is 0.321 e. The van der Waals surface area contributed by atoms with Crippen molar-refractivity contribution in [3.05, 3.63) is 54.1 Å². The van der Waals surface area contributed by atoms with Crippen LogP contribution in [0.5, 0.6) is 11.5 Å². The number of amides is 3. The Labute approximate surface area is 183 Å². The molecule has 3 rings (SSSR count). The molecule has 31 heavy (non-hydrogen) atoms. The van der Waals surface area contributed by atoms with Crippen LogP contribution in [-0.4, -0.2) is 43.6 Å². The van der Waals surface area contributed by atoms with Gasteiger partial charge in [0.05, 0.1) is 13.7 Å². The highest BCUT2D eigenvalue weighted by atomic mass is 16.5. The third-order valence-corrected chi connectivity index (χ3v) is 5.42. The first-order valence-electron chi connectivity index (χ1n) is 10.8. The summed E-state index contributed by atoms with van der Waals surface area (Å²) in [5.74, 6) is 1.67. The highest BCUT2D eigenvalue weighted by molar-refractivity contribution is 5.89. The molecule has 2 aromatic rings. The molecular weight excluding hydrogens is 394 g/mol. The summed E-state index contributed by atoms with van der Waals surface area (Å²) in [6.07, 6.45) is 2.13. The highest BCUT2D eigenvalue weighted by Gasteiger charge is 2.24. The summed E-state index contributed by atoms with van der Waals surface area (Å²) in [5.41, 5.74) is 1.75. The van der Waals surface area contributed by atoms with Crippen molar-refractivity contribution in [3.8, 4) is 11.5 Å². The zero-order chi connectivity index (χ0) is 22.1. The van der Waals surface area contributed by atoms with Gasteiger partial charge in [0.15, 0.2) is 11.5 Å². The van der Waals surface area contributed by atoms with E-state index in [0.29, 0.717) is 44.2 Å². The minimum absolute atomic E-state index is 0.0278. The van der Waals surface area contributed by atoms with Gasteiger partial charge in [-0.2, -0.15) is 0 Å². The van der Waals surface area contributed by atoms with E-state index >= 15 is 0 Å². The molecule has 0 bridgehead atoms. The van der Waals surface area contributed by atoms with Gasteiger partial charge in [-0.25, -0.2) is 4.79 Å². The first-order valence-corrected chi connectivity index (χ1v) is 10.8. The van der Waals surface area contributed by atoms with Gasteiger partial charge >= 0.3 is 6.03 Å². The number of likely N-dealkylation sites (tertiary alicyclic amines) is 1. The van der Waals surface area contributed by atoms with Gasteiger partial charge in [0.1, 0.15) is 0 Å². The smallest absolute Gasteiger partial charge is 0.321 e. The van der Waals surface area contributed by atoms with Crippen molar-refractivity contribution in [2.75, 3.05) is 32.1 Å². The van der Waals surface area contributed by atoms with Crippen LogP contribution in [0, 0.1) is 5.92 Å². The van der Waals surface area contributed by atoms with Gasteiger partial charge in [0, 0.05) is 31.7 Å². The van der Waals surface area contributed by atoms with Crippen molar-refractivity contribution < 1.29 is 19.1 Å². The van der Waals surface area contributed by atoms with Crippen LogP contribution < -0.4 is 20.1 Å². The summed E-state index contributed by atoms with van der Waals surface area (Å²) in [6.45, 7) is 4.26. The zero-order valence-corrected chi connectivity index (χ0v) is 18.2. The molecule has 1 aliphatic rings. The lowest BCUT2D eigenvalue weighted by Crippen LogP contribution is -2.41. The molecular formula is C24H31N3O4. The van der Waals surface area contributed by atoms with Crippen LogP contribution in [0.3, 0.4) is 0 Å². The number of rotatable bonds is 8. The Morgan fingerprint density at radius 3 is 2.48 bits per heavy atom.